The molecule has 2 aromatic carbocycles. The van der Waals surface area contributed by atoms with Gasteiger partial charge in [-0.3, -0.25) is 0 Å². The lowest BCUT2D eigenvalue weighted by Gasteiger charge is -2.44. The maximum atomic E-state index is 12.8. The summed E-state index contributed by atoms with van der Waals surface area (Å²) in [5.41, 5.74) is 9.99. The van der Waals surface area contributed by atoms with Crippen molar-refractivity contribution in [1.29, 1.82) is 0 Å². The summed E-state index contributed by atoms with van der Waals surface area (Å²) in [6.07, 6.45) is 2.43. The third-order valence-electron chi connectivity index (χ3n) is 6.96. The third kappa shape index (κ3) is 5.02. The molecule has 4 aromatic rings. The molecule has 9 nitrogen and oxygen atoms in total. The minimum Gasteiger partial charge on any atom is -0.462 e. The molecule has 0 unspecified atom stereocenters. The van der Waals surface area contributed by atoms with Crippen molar-refractivity contribution in [1.82, 2.24) is 19.5 Å². The summed E-state index contributed by atoms with van der Waals surface area (Å²) in [6.45, 7) is 4.14. The first kappa shape index (κ1) is 25.1. The van der Waals surface area contributed by atoms with Crippen LogP contribution in [-0.4, -0.2) is 44.7 Å². The summed E-state index contributed by atoms with van der Waals surface area (Å²) in [4.78, 5) is 38.6. The highest BCUT2D eigenvalue weighted by atomic mass is 127. The van der Waals surface area contributed by atoms with Gasteiger partial charge >= 0.3 is 11.9 Å². The Balaban J connectivity index is 1.35. The van der Waals surface area contributed by atoms with Crippen molar-refractivity contribution in [2.24, 2.45) is 11.8 Å². The van der Waals surface area contributed by atoms with Crippen molar-refractivity contribution in [2.45, 2.75) is 26.3 Å². The van der Waals surface area contributed by atoms with Crippen LogP contribution in [0.4, 0.5) is 5.95 Å². The Morgan fingerprint density at radius 2 is 1.57 bits per heavy atom. The molecule has 1 saturated carbocycles. The molecule has 2 heterocycles. The molecule has 0 radical (unpaired) electrons. The van der Waals surface area contributed by atoms with Gasteiger partial charge in [-0.2, -0.15) is 4.98 Å². The molecular formula is C27H26IN5O4. The predicted molar refractivity (Wildman–Crippen MR) is 146 cm³/mol. The third-order valence-corrected chi connectivity index (χ3v) is 7.71. The Labute approximate surface area is 227 Å². The number of carbonyl (C=O) groups excluding carboxylic acids is 2. The molecule has 0 bridgehead atoms. The fourth-order valence-electron chi connectivity index (χ4n) is 4.79. The molecule has 2 aromatic heterocycles. The Morgan fingerprint density at radius 1 is 0.973 bits per heavy atom. The largest absolute Gasteiger partial charge is 0.462 e. The van der Waals surface area contributed by atoms with E-state index in [0.29, 0.717) is 32.4 Å². The fraction of sp³-hybridized carbons (Fsp3) is 0.296. The van der Waals surface area contributed by atoms with Gasteiger partial charge < -0.3 is 19.8 Å². The van der Waals surface area contributed by atoms with Gasteiger partial charge in [0.15, 0.2) is 5.65 Å². The number of rotatable bonds is 7. The minimum absolute atomic E-state index is 0.00153. The molecule has 1 aliphatic rings. The van der Waals surface area contributed by atoms with Crippen LogP contribution in [0, 0.1) is 29.4 Å². The first-order valence-electron chi connectivity index (χ1n) is 11.9. The maximum Gasteiger partial charge on any atom is 0.338 e. The van der Waals surface area contributed by atoms with Gasteiger partial charge in [0, 0.05) is 17.9 Å². The Kier molecular flexibility index (Phi) is 7.09. The zero-order valence-electron chi connectivity index (χ0n) is 20.4. The average molecular weight is 611 g/mol. The number of nitrogen functional groups attached to an aromatic ring is 1. The lowest BCUT2D eigenvalue weighted by Crippen LogP contribution is -2.44. The van der Waals surface area contributed by atoms with Crippen molar-refractivity contribution in [2.75, 3.05) is 18.9 Å². The summed E-state index contributed by atoms with van der Waals surface area (Å²) in [5.74, 6) is -0.678. The van der Waals surface area contributed by atoms with E-state index in [4.69, 9.17) is 15.2 Å². The second-order valence-corrected chi connectivity index (χ2v) is 10.3. The van der Waals surface area contributed by atoms with Gasteiger partial charge in [0.05, 0.1) is 30.7 Å². The number of anilines is 1. The van der Waals surface area contributed by atoms with E-state index >= 15 is 0 Å². The number of aromatic nitrogens is 4. The van der Waals surface area contributed by atoms with Crippen LogP contribution < -0.4 is 5.73 Å². The van der Waals surface area contributed by atoms with Gasteiger partial charge in [0.1, 0.15) is 9.22 Å². The SMILES string of the molecule is Cc1ccccc1C(=O)OC[C@H]1C[C@@H](n2cnc3c(I)nc(N)nc32)[C@@H]1COC(=O)c1ccccc1C. The molecule has 0 spiro atoms. The van der Waals surface area contributed by atoms with Crippen LogP contribution in [0.3, 0.4) is 0 Å². The molecule has 10 heteroatoms. The quantitative estimate of drug-likeness (QED) is 0.184. The smallest absolute Gasteiger partial charge is 0.338 e. The number of aryl methyl sites for hydroxylation is 2. The van der Waals surface area contributed by atoms with E-state index in [1.54, 1.807) is 18.5 Å². The van der Waals surface area contributed by atoms with Gasteiger partial charge in [0.25, 0.3) is 0 Å². The van der Waals surface area contributed by atoms with Gasteiger partial charge in [-0.15, -0.1) is 0 Å². The normalized spacial score (nSPS) is 18.8. The van der Waals surface area contributed by atoms with Crippen LogP contribution in [0.15, 0.2) is 54.9 Å². The number of fused-ring (bicyclic) bond motifs is 1. The van der Waals surface area contributed by atoms with Gasteiger partial charge in [-0.25, -0.2) is 19.6 Å². The molecule has 3 atom stereocenters. The lowest BCUT2D eigenvalue weighted by atomic mass is 9.69. The zero-order valence-corrected chi connectivity index (χ0v) is 22.6. The highest BCUT2D eigenvalue weighted by Crippen LogP contribution is 2.46. The van der Waals surface area contributed by atoms with Crippen LogP contribution in [0.2, 0.25) is 0 Å². The van der Waals surface area contributed by atoms with Crippen molar-refractivity contribution in [3.05, 3.63) is 80.8 Å². The number of benzene rings is 2. The highest BCUT2D eigenvalue weighted by molar-refractivity contribution is 14.1. The van der Waals surface area contributed by atoms with E-state index in [9.17, 15) is 9.59 Å². The number of carbonyl (C=O) groups is 2. The van der Waals surface area contributed by atoms with Crippen LogP contribution >= 0.6 is 22.6 Å². The van der Waals surface area contributed by atoms with Crippen LogP contribution in [0.25, 0.3) is 11.2 Å². The number of imidazole rings is 1. The van der Waals surface area contributed by atoms with E-state index in [0.717, 1.165) is 11.1 Å². The van der Waals surface area contributed by atoms with E-state index < -0.39 is 0 Å². The second-order valence-electron chi connectivity index (χ2n) is 9.25. The lowest BCUT2D eigenvalue weighted by molar-refractivity contribution is -0.0309. The van der Waals surface area contributed by atoms with Crippen molar-refractivity contribution in [3.63, 3.8) is 0 Å². The van der Waals surface area contributed by atoms with Gasteiger partial charge in [0.2, 0.25) is 5.95 Å². The fourth-order valence-corrected chi connectivity index (χ4v) is 5.42. The first-order chi connectivity index (χ1) is 17.8. The minimum atomic E-state index is -0.379. The number of nitrogens with two attached hydrogens (primary N) is 1. The van der Waals surface area contributed by atoms with E-state index in [1.807, 2.05) is 54.8 Å². The summed E-state index contributed by atoms with van der Waals surface area (Å²) in [6, 6.07) is 14.6. The molecule has 37 heavy (non-hydrogen) atoms. The zero-order chi connectivity index (χ0) is 26.1. The molecule has 1 aliphatic carbocycles. The van der Waals surface area contributed by atoms with Crippen LogP contribution in [-0.2, 0) is 9.47 Å². The van der Waals surface area contributed by atoms with Crippen molar-refractivity contribution < 1.29 is 19.1 Å². The summed E-state index contributed by atoms with van der Waals surface area (Å²) >= 11 is 2.09. The number of esters is 2. The Bertz CT molecular complexity index is 1490. The van der Waals surface area contributed by atoms with E-state index in [2.05, 4.69) is 37.5 Å². The highest BCUT2D eigenvalue weighted by Gasteiger charge is 2.44. The average Bonchev–Trinajstić information content (AvgIpc) is 3.27. The Hall–Kier alpha value is -3.54. The Morgan fingerprint density at radius 3 is 2.19 bits per heavy atom. The second kappa shape index (κ2) is 10.4. The number of hydrogen-bond donors (Lipinski definition) is 1. The van der Waals surface area contributed by atoms with Crippen molar-refractivity contribution >= 4 is 51.6 Å². The maximum absolute atomic E-state index is 12.8. The molecule has 0 aliphatic heterocycles. The van der Waals surface area contributed by atoms with Crippen molar-refractivity contribution in [3.8, 4) is 0 Å². The first-order valence-corrected chi connectivity index (χ1v) is 13.0. The molecule has 2 N–H and O–H groups in total. The number of halogens is 1. The molecule has 190 valence electrons. The topological polar surface area (TPSA) is 122 Å². The molecule has 0 amide bonds. The number of nitrogens with zero attached hydrogens (tertiary/aromatic N) is 4. The number of hydrogen-bond acceptors (Lipinski definition) is 8. The molecular weight excluding hydrogens is 585 g/mol. The standard InChI is InChI=1S/C27H26IN5O4/c1-15-7-3-5-9-18(15)25(34)36-12-17-11-21(33-14-30-22-23(28)31-27(29)32-24(22)33)20(17)13-37-26(35)19-10-6-4-8-16(19)2/h3-10,14,17,20-21H,11-13H2,1-2H3,(H2,29,31,32)/t17-,20-,21-/m1/s1. The van der Waals surface area contributed by atoms with E-state index in [1.165, 1.54) is 0 Å². The summed E-state index contributed by atoms with van der Waals surface area (Å²) < 4.78 is 14.1. The number of ether oxygens (including phenoxy) is 2. The van der Waals surface area contributed by atoms with Gasteiger partial charge in [-0.1, -0.05) is 36.4 Å². The monoisotopic (exact) mass is 611 g/mol. The summed E-state index contributed by atoms with van der Waals surface area (Å²) in [5, 5.41) is 0. The van der Waals surface area contributed by atoms with E-state index in [-0.39, 0.29) is 49.0 Å². The molecule has 5 rings (SSSR count). The van der Waals surface area contributed by atoms with Gasteiger partial charge in [-0.05, 0) is 66.1 Å². The molecule has 0 saturated heterocycles. The van der Waals surface area contributed by atoms with Crippen LogP contribution in [0.1, 0.15) is 44.3 Å². The molecule has 1 fully saturated rings. The predicted octanol–water partition coefficient (Wildman–Crippen LogP) is 4.52. The summed E-state index contributed by atoms with van der Waals surface area (Å²) in [7, 11) is 0. The van der Waals surface area contributed by atoms with Crippen LogP contribution in [0.5, 0.6) is 0 Å².